The fourth-order valence-corrected chi connectivity index (χ4v) is 4.44. The van der Waals surface area contributed by atoms with E-state index < -0.39 is 10.0 Å². The minimum absolute atomic E-state index is 0.185. The highest BCUT2D eigenvalue weighted by Gasteiger charge is 2.32. The smallest absolute Gasteiger partial charge is 0.246 e. The summed E-state index contributed by atoms with van der Waals surface area (Å²) >= 11 is 0. The molecule has 0 aliphatic carbocycles. The summed E-state index contributed by atoms with van der Waals surface area (Å²) in [6.07, 6.45) is 1.81. The van der Waals surface area contributed by atoms with Crippen molar-refractivity contribution in [3.8, 4) is 0 Å². The van der Waals surface area contributed by atoms with Crippen LogP contribution in [0.1, 0.15) is 38.2 Å². The lowest BCUT2D eigenvalue weighted by Gasteiger charge is -2.32. The summed E-state index contributed by atoms with van der Waals surface area (Å²) in [6, 6.07) is 1.43. The molecule has 0 radical (unpaired) electrons. The first kappa shape index (κ1) is 15.5. The third kappa shape index (κ3) is 2.92. The second-order valence-electron chi connectivity index (χ2n) is 5.78. The van der Waals surface area contributed by atoms with E-state index in [2.05, 4.69) is 13.8 Å². The van der Waals surface area contributed by atoms with Gasteiger partial charge in [-0.2, -0.15) is 4.31 Å². The average molecular weight is 301 g/mol. The van der Waals surface area contributed by atoms with Gasteiger partial charge in [-0.15, -0.1) is 0 Å². The minimum atomic E-state index is -3.50. The largest absolute Gasteiger partial charge is 0.462 e. The van der Waals surface area contributed by atoms with Crippen molar-refractivity contribution < 1.29 is 17.9 Å². The van der Waals surface area contributed by atoms with Gasteiger partial charge in [-0.1, -0.05) is 13.8 Å². The highest BCUT2D eigenvalue weighted by Crippen LogP contribution is 2.30. The van der Waals surface area contributed by atoms with E-state index >= 15 is 0 Å². The summed E-state index contributed by atoms with van der Waals surface area (Å²) in [5, 5.41) is 9.05. The fraction of sp³-hybridized carbons (Fsp3) is 0.714. The molecule has 0 spiro atoms. The number of sulfonamides is 1. The van der Waals surface area contributed by atoms with E-state index in [-0.39, 0.29) is 17.3 Å². The molecule has 0 amide bonds. The summed E-state index contributed by atoms with van der Waals surface area (Å²) < 4.78 is 32.0. The van der Waals surface area contributed by atoms with Crippen LogP contribution in [-0.4, -0.2) is 30.9 Å². The standard InChI is InChI=1S/C14H23NO4S/c1-10(2)12-4-6-15(7-5-12)20(17,18)14-8-13(9-16)19-11(14)3/h8,10,12,16H,4-7,9H2,1-3H3. The van der Waals surface area contributed by atoms with Crippen molar-refractivity contribution in [2.75, 3.05) is 13.1 Å². The van der Waals surface area contributed by atoms with E-state index in [0.717, 1.165) is 12.8 Å². The monoisotopic (exact) mass is 301 g/mol. The van der Waals surface area contributed by atoms with Crippen molar-refractivity contribution in [2.45, 2.75) is 45.1 Å². The van der Waals surface area contributed by atoms with Gasteiger partial charge < -0.3 is 9.52 Å². The number of aliphatic hydroxyl groups is 1. The van der Waals surface area contributed by atoms with E-state index in [0.29, 0.717) is 30.7 Å². The van der Waals surface area contributed by atoms with E-state index in [9.17, 15) is 8.42 Å². The first-order chi connectivity index (χ1) is 9.36. The zero-order chi connectivity index (χ0) is 14.9. The molecule has 2 rings (SSSR count). The fourth-order valence-electron chi connectivity index (χ4n) is 2.78. The molecule has 20 heavy (non-hydrogen) atoms. The number of nitrogens with zero attached hydrogens (tertiary/aromatic N) is 1. The van der Waals surface area contributed by atoms with E-state index in [1.54, 1.807) is 6.92 Å². The maximum Gasteiger partial charge on any atom is 0.246 e. The zero-order valence-corrected chi connectivity index (χ0v) is 13.1. The maximum absolute atomic E-state index is 12.6. The first-order valence-corrected chi connectivity index (χ1v) is 8.50. The van der Waals surface area contributed by atoms with Gasteiger partial charge in [0.25, 0.3) is 0 Å². The summed E-state index contributed by atoms with van der Waals surface area (Å²) in [4.78, 5) is 0.185. The van der Waals surface area contributed by atoms with Gasteiger partial charge in [0.1, 0.15) is 23.0 Å². The molecule has 1 saturated heterocycles. The van der Waals surface area contributed by atoms with Crippen molar-refractivity contribution in [1.82, 2.24) is 4.31 Å². The number of piperidine rings is 1. The Kier molecular flexibility index (Phi) is 4.56. The van der Waals surface area contributed by atoms with Crippen molar-refractivity contribution >= 4 is 10.0 Å². The van der Waals surface area contributed by atoms with Gasteiger partial charge in [0, 0.05) is 19.2 Å². The molecule has 5 nitrogen and oxygen atoms in total. The van der Waals surface area contributed by atoms with Crippen molar-refractivity contribution in [3.05, 3.63) is 17.6 Å². The second-order valence-corrected chi connectivity index (χ2v) is 7.68. The highest BCUT2D eigenvalue weighted by atomic mass is 32.2. The molecule has 1 aromatic heterocycles. The number of hydrogen-bond donors (Lipinski definition) is 1. The number of aliphatic hydroxyl groups excluding tert-OH is 1. The molecule has 0 aromatic carbocycles. The Morgan fingerprint density at radius 2 is 2.00 bits per heavy atom. The molecule has 1 aliphatic heterocycles. The molecule has 0 saturated carbocycles. The van der Waals surface area contributed by atoms with Crippen LogP contribution < -0.4 is 0 Å². The highest BCUT2D eigenvalue weighted by molar-refractivity contribution is 7.89. The summed E-state index contributed by atoms with van der Waals surface area (Å²) in [5.41, 5.74) is 0. The molecule has 6 heteroatoms. The van der Waals surface area contributed by atoms with Crippen LogP contribution >= 0.6 is 0 Å². The van der Waals surface area contributed by atoms with Crippen LogP contribution in [0.2, 0.25) is 0 Å². The van der Waals surface area contributed by atoms with Gasteiger partial charge in [0.15, 0.2) is 0 Å². The van der Waals surface area contributed by atoms with Gasteiger partial charge in [0.2, 0.25) is 10.0 Å². The second kappa shape index (κ2) is 5.87. The van der Waals surface area contributed by atoms with Gasteiger partial charge in [0.05, 0.1) is 0 Å². The van der Waals surface area contributed by atoms with E-state index in [1.807, 2.05) is 0 Å². The normalized spacial score (nSPS) is 18.9. The molecule has 1 fully saturated rings. The van der Waals surface area contributed by atoms with Crippen molar-refractivity contribution in [2.24, 2.45) is 11.8 Å². The van der Waals surface area contributed by atoms with Gasteiger partial charge in [-0.05, 0) is 31.6 Å². The van der Waals surface area contributed by atoms with Crippen LogP contribution in [0.15, 0.2) is 15.4 Å². The number of furan rings is 1. The molecular formula is C14H23NO4S. The molecule has 1 aromatic rings. The summed E-state index contributed by atoms with van der Waals surface area (Å²) in [6.45, 7) is 6.82. The Bertz CT molecular complexity index is 554. The summed E-state index contributed by atoms with van der Waals surface area (Å²) in [5.74, 6) is 1.83. The van der Waals surface area contributed by atoms with Crippen LogP contribution in [0.4, 0.5) is 0 Å². The third-order valence-electron chi connectivity index (χ3n) is 4.14. The lowest BCUT2D eigenvalue weighted by molar-refractivity contribution is 0.226. The quantitative estimate of drug-likeness (QED) is 0.925. The molecule has 0 unspecified atom stereocenters. The number of aryl methyl sites for hydroxylation is 1. The topological polar surface area (TPSA) is 70.8 Å². The Morgan fingerprint density at radius 3 is 2.45 bits per heavy atom. The Morgan fingerprint density at radius 1 is 1.40 bits per heavy atom. The van der Waals surface area contributed by atoms with E-state index in [1.165, 1.54) is 10.4 Å². The van der Waals surface area contributed by atoms with Crippen LogP contribution in [-0.2, 0) is 16.6 Å². The number of hydrogen-bond acceptors (Lipinski definition) is 4. The van der Waals surface area contributed by atoms with Gasteiger partial charge in [-0.25, -0.2) is 8.42 Å². The van der Waals surface area contributed by atoms with Crippen molar-refractivity contribution in [1.29, 1.82) is 0 Å². The van der Waals surface area contributed by atoms with Crippen LogP contribution in [0.3, 0.4) is 0 Å². The Labute approximate surface area is 120 Å². The maximum atomic E-state index is 12.6. The van der Waals surface area contributed by atoms with Gasteiger partial charge >= 0.3 is 0 Å². The molecule has 0 bridgehead atoms. The summed E-state index contributed by atoms with van der Waals surface area (Å²) in [7, 11) is -3.50. The predicted octanol–water partition coefficient (Wildman–Crippen LogP) is 2.14. The van der Waals surface area contributed by atoms with Crippen LogP contribution in [0.25, 0.3) is 0 Å². The average Bonchev–Trinajstić information content (AvgIpc) is 2.81. The van der Waals surface area contributed by atoms with Crippen LogP contribution in [0.5, 0.6) is 0 Å². The molecule has 1 aliphatic rings. The number of rotatable bonds is 4. The SMILES string of the molecule is Cc1oc(CO)cc1S(=O)(=O)N1CCC(C(C)C)CC1. The molecule has 114 valence electrons. The molecule has 1 N–H and O–H groups in total. The van der Waals surface area contributed by atoms with Crippen molar-refractivity contribution in [3.63, 3.8) is 0 Å². The van der Waals surface area contributed by atoms with E-state index in [4.69, 9.17) is 9.52 Å². The Hall–Kier alpha value is -0.850. The van der Waals surface area contributed by atoms with Gasteiger partial charge in [-0.3, -0.25) is 0 Å². The zero-order valence-electron chi connectivity index (χ0n) is 12.3. The molecular weight excluding hydrogens is 278 g/mol. The third-order valence-corrected chi connectivity index (χ3v) is 6.14. The predicted molar refractivity (Wildman–Crippen MR) is 75.7 cm³/mol. The lowest BCUT2D eigenvalue weighted by Crippen LogP contribution is -2.39. The lowest BCUT2D eigenvalue weighted by atomic mass is 9.87. The molecule has 2 heterocycles. The van der Waals surface area contributed by atoms with Crippen LogP contribution in [0, 0.1) is 18.8 Å². The first-order valence-electron chi connectivity index (χ1n) is 7.06. The molecule has 0 atom stereocenters. The minimum Gasteiger partial charge on any atom is -0.462 e. The Balaban J connectivity index is 2.17.